The van der Waals surface area contributed by atoms with Gasteiger partial charge in [-0.3, -0.25) is 0 Å². The van der Waals surface area contributed by atoms with Gasteiger partial charge in [0.15, 0.2) is 0 Å². The molecule has 66 valence electrons. The van der Waals surface area contributed by atoms with Gasteiger partial charge in [-0.25, -0.2) is 0 Å². The van der Waals surface area contributed by atoms with Crippen molar-refractivity contribution in [3.63, 3.8) is 0 Å². The molecule has 2 nitrogen and oxygen atoms in total. The molecule has 0 atom stereocenters. The van der Waals surface area contributed by atoms with Gasteiger partial charge in [0.1, 0.15) is 23.0 Å². The molecule has 3 heteroatoms. The Labute approximate surface area is 86.6 Å². The third-order valence-corrected chi connectivity index (χ3v) is 1.94. The van der Waals surface area contributed by atoms with Crippen molar-refractivity contribution in [3.8, 4) is 0 Å². The van der Waals surface area contributed by atoms with Crippen LogP contribution in [0.5, 0.6) is 0 Å². The van der Waals surface area contributed by atoms with Crippen molar-refractivity contribution in [2.75, 3.05) is 7.11 Å². The summed E-state index contributed by atoms with van der Waals surface area (Å²) in [6.07, 6.45) is 0. The number of halogens is 1. The maximum atomic E-state index is 5.06. The summed E-state index contributed by atoms with van der Waals surface area (Å²) in [5, 5.41) is 0. The molecule has 1 rings (SSSR count). The first-order chi connectivity index (χ1) is 5.88. The first-order valence-electron chi connectivity index (χ1n) is 3.67. The van der Waals surface area contributed by atoms with Crippen LogP contribution in [0.2, 0.25) is 0 Å². The zero-order valence-electron chi connectivity index (χ0n) is 6.92. The molecule has 0 aliphatic rings. The second-order valence-corrected chi connectivity index (χ2v) is 3.08. The summed E-state index contributed by atoms with van der Waals surface area (Å²) in [5.74, 6) is 0. The van der Waals surface area contributed by atoms with Crippen molar-refractivity contribution in [2.45, 2.75) is 13.2 Å². The number of benzene rings is 1. The van der Waals surface area contributed by atoms with E-state index < -0.39 is 0 Å². The van der Waals surface area contributed by atoms with E-state index in [1.165, 1.54) is 11.1 Å². The van der Waals surface area contributed by atoms with Gasteiger partial charge in [0.2, 0.25) is 0 Å². The number of hydrogen-bond acceptors (Lipinski definition) is 2. The van der Waals surface area contributed by atoms with Crippen LogP contribution in [0.4, 0.5) is 0 Å². The summed E-state index contributed by atoms with van der Waals surface area (Å²) in [5.41, 5.74) is 2.38. The zero-order valence-corrected chi connectivity index (χ0v) is 9.08. The molecule has 1 aromatic carbocycles. The average molecular weight is 278 g/mol. The molecular weight excluding hydrogens is 267 g/mol. The summed E-state index contributed by atoms with van der Waals surface area (Å²) >= 11 is 1.90. The highest BCUT2D eigenvalue weighted by molar-refractivity contribution is 14.1. The highest BCUT2D eigenvalue weighted by atomic mass is 127. The highest BCUT2D eigenvalue weighted by Gasteiger charge is 1.99. The fourth-order valence-corrected chi connectivity index (χ4v) is 1.39. The first kappa shape index (κ1) is 9.95. The minimum Gasteiger partial charge on any atom is -0.380 e. The monoisotopic (exact) mass is 278 g/mol. The van der Waals surface area contributed by atoms with Gasteiger partial charge in [-0.05, 0) is 11.1 Å². The molecule has 0 amide bonds. The third kappa shape index (κ3) is 2.73. The van der Waals surface area contributed by atoms with Gasteiger partial charge in [-0.1, -0.05) is 24.3 Å². The number of ether oxygens (including phenoxy) is 1. The molecule has 0 saturated carbocycles. The fraction of sp³-hybridized carbons (Fsp3) is 0.333. The molecule has 0 aliphatic carbocycles. The molecule has 0 heterocycles. The van der Waals surface area contributed by atoms with E-state index in [1.54, 1.807) is 7.11 Å². The SMILES string of the molecule is COCc1ccccc1COI. The van der Waals surface area contributed by atoms with Crippen LogP contribution in [-0.4, -0.2) is 7.11 Å². The smallest absolute Gasteiger partial charge is 0.110 e. The van der Waals surface area contributed by atoms with Crippen LogP contribution in [0.3, 0.4) is 0 Å². The quantitative estimate of drug-likeness (QED) is 0.788. The van der Waals surface area contributed by atoms with Crippen molar-refractivity contribution in [2.24, 2.45) is 0 Å². The first-order valence-corrected chi connectivity index (χ1v) is 4.56. The lowest BCUT2D eigenvalue weighted by Crippen LogP contribution is -1.95. The average Bonchev–Trinajstić information content (AvgIpc) is 2.09. The molecule has 0 unspecified atom stereocenters. The van der Waals surface area contributed by atoms with Crippen molar-refractivity contribution in [3.05, 3.63) is 35.4 Å². The summed E-state index contributed by atoms with van der Waals surface area (Å²) in [7, 11) is 1.70. The molecule has 12 heavy (non-hydrogen) atoms. The molecule has 0 fully saturated rings. The zero-order chi connectivity index (χ0) is 8.81. The largest absolute Gasteiger partial charge is 0.380 e. The number of rotatable bonds is 4. The van der Waals surface area contributed by atoms with Crippen LogP contribution < -0.4 is 0 Å². The minimum atomic E-state index is 0.639. The van der Waals surface area contributed by atoms with Crippen LogP contribution in [0.15, 0.2) is 24.3 Å². The Morgan fingerprint density at radius 1 is 1.17 bits per heavy atom. The van der Waals surface area contributed by atoms with Crippen LogP contribution in [0.25, 0.3) is 0 Å². The summed E-state index contributed by atoms with van der Waals surface area (Å²) in [4.78, 5) is 0. The van der Waals surface area contributed by atoms with Gasteiger partial charge < -0.3 is 7.80 Å². The summed E-state index contributed by atoms with van der Waals surface area (Å²) in [6.45, 7) is 1.29. The van der Waals surface area contributed by atoms with E-state index in [0.717, 1.165) is 0 Å². The molecule has 0 aliphatic heterocycles. The maximum Gasteiger partial charge on any atom is 0.110 e. The molecular formula is C9H11IO2. The molecule has 0 spiro atoms. The van der Waals surface area contributed by atoms with E-state index in [0.29, 0.717) is 13.2 Å². The Bertz CT molecular complexity index is 213. The Morgan fingerprint density at radius 3 is 2.25 bits per heavy atom. The maximum absolute atomic E-state index is 5.06. The number of methoxy groups -OCH3 is 1. The van der Waals surface area contributed by atoms with Gasteiger partial charge in [-0.2, -0.15) is 0 Å². The van der Waals surface area contributed by atoms with Gasteiger partial charge >= 0.3 is 0 Å². The van der Waals surface area contributed by atoms with E-state index in [1.807, 2.05) is 41.2 Å². The normalized spacial score (nSPS) is 10.2. The minimum absolute atomic E-state index is 0.639. The van der Waals surface area contributed by atoms with Crippen molar-refractivity contribution in [1.82, 2.24) is 0 Å². The molecule has 0 aromatic heterocycles. The summed E-state index contributed by atoms with van der Waals surface area (Å²) in [6, 6.07) is 8.11. The molecule has 0 saturated heterocycles. The van der Waals surface area contributed by atoms with Crippen LogP contribution in [0, 0.1) is 0 Å². The van der Waals surface area contributed by atoms with Crippen LogP contribution in [0.1, 0.15) is 11.1 Å². The van der Waals surface area contributed by atoms with Crippen molar-refractivity contribution < 1.29 is 7.80 Å². The van der Waals surface area contributed by atoms with E-state index in [4.69, 9.17) is 7.80 Å². The van der Waals surface area contributed by atoms with E-state index in [2.05, 4.69) is 6.07 Å². The molecule has 1 aromatic rings. The predicted octanol–water partition coefficient (Wildman–Crippen LogP) is 2.70. The predicted molar refractivity (Wildman–Crippen MR) is 56.0 cm³/mol. The fourth-order valence-electron chi connectivity index (χ4n) is 1.05. The lowest BCUT2D eigenvalue weighted by atomic mass is 10.1. The second-order valence-electron chi connectivity index (χ2n) is 2.46. The Morgan fingerprint density at radius 2 is 1.75 bits per heavy atom. The Hall–Kier alpha value is -0.130. The van der Waals surface area contributed by atoms with Gasteiger partial charge in [0.25, 0.3) is 0 Å². The van der Waals surface area contributed by atoms with Crippen molar-refractivity contribution in [1.29, 1.82) is 0 Å². The van der Waals surface area contributed by atoms with Crippen LogP contribution in [-0.2, 0) is 21.0 Å². The van der Waals surface area contributed by atoms with E-state index >= 15 is 0 Å². The second kappa shape index (κ2) is 5.50. The molecule has 0 radical (unpaired) electrons. The van der Waals surface area contributed by atoms with Gasteiger partial charge in [-0.15, -0.1) is 0 Å². The topological polar surface area (TPSA) is 18.5 Å². The van der Waals surface area contributed by atoms with Gasteiger partial charge in [0.05, 0.1) is 13.2 Å². The summed E-state index contributed by atoms with van der Waals surface area (Å²) < 4.78 is 10.1. The molecule has 0 bridgehead atoms. The number of hydrogen-bond donors (Lipinski definition) is 0. The Kier molecular flexibility index (Phi) is 4.57. The standard InChI is InChI=1S/C9H11IO2/c1-11-6-8-4-2-3-5-9(8)7-12-10/h2-5H,6-7H2,1H3. The third-order valence-electron chi connectivity index (χ3n) is 1.63. The van der Waals surface area contributed by atoms with E-state index in [9.17, 15) is 0 Å². The lowest BCUT2D eigenvalue weighted by Gasteiger charge is -2.05. The molecule has 0 N–H and O–H groups in total. The lowest BCUT2D eigenvalue weighted by molar-refractivity contribution is 0.183. The van der Waals surface area contributed by atoms with Gasteiger partial charge in [0, 0.05) is 7.11 Å². The Balaban J connectivity index is 2.77. The van der Waals surface area contributed by atoms with Crippen molar-refractivity contribution >= 4 is 23.0 Å². The van der Waals surface area contributed by atoms with E-state index in [-0.39, 0.29) is 0 Å². The highest BCUT2D eigenvalue weighted by Crippen LogP contribution is 2.12. The van der Waals surface area contributed by atoms with Crippen LogP contribution >= 0.6 is 23.0 Å².